The van der Waals surface area contributed by atoms with E-state index in [-0.39, 0.29) is 28.5 Å². The van der Waals surface area contributed by atoms with Crippen LogP contribution < -0.4 is 14.2 Å². The number of nitrogens with zero attached hydrogens (tertiary/aromatic N) is 2. The summed E-state index contributed by atoms with van der Waals surface area (Å²) in [5, 5.41) is 0. The summed E-state index contributed by atoms with van der Waals surface area (Å²) in [5.74, 6) is -0.175. The van der Waals surface area contributed by atoms with Gasteiger partial charge in [0, 0.05) is 50.1 Å². The first-order valence-corrected chi connectivity index (χ1v) is 22.9. The quantitative estimate of drug-likeness (QED) is 0.0772. The fourth-order valence-corrected chi connectivity index (χ4v) is 5.81. The zero-order chi connectivity index (χ0) is 51.1. The first kappa shape index (κ1) is 57.2. The van der Waals surface area contributed by atoms with Gasteiger partial charge in [-0.25, -0.2) is 9.59 Å². The second-order valence-electron chi connectivity index (χ2n) is 14.9. The highest BCUT2D eigenvalue weighted by Crippen LogP contribution is 2.20. The van der Waals surface area contributed by atoms with E-state index in [1.165, 1.54) is 28.0 Å². The predicted molar refractivity (Wildman–Crippen MR) is 272 cm³/mol. The summed E-state index contributed by atoms with van der Waals surface area (Å²) >= 11 is 2.83. The minimum Gasteiger partial charge on any atom is -0.429 e. The van der Waals surface area contributed by atoms with Crippen molar-refractivity contribution in [3.05, 3.63) is 227 Å². The van der Waals surface area contributed by atoms with Gasteiger partial charge in [0.15, 0.2) is 12.5 Å². The Labute approximate surface area is 412 Å². The summed E-state index contributed by atoms with van der Waals surface area (Å²) in [5.41, 5.74) is 4.34. The van der Waals surface area contributed by atoms with Crippen molar-refractivity contribution in [2.45, 2.75) is 25.7 Å². The van der Waals surface area contributed by atoms with Crippen molar-refractivity contribution in [1.29, 1.82) is 0 Å². The lowest BCUT2D eigenvalue weighted by atomic mass is 10.0. The normalized spacial score (nSPS) is 9.86. The molecule has 2 amide bonds. The molecular weight excluding hydrogens is 913 g/mol. The SMILES string of the molecule is Cc1ccc(OC(=O)c2ccc(C(=O)N(C)C)c(C(=O)N(C)C)c2)cc1.Cc1ccc(OC(=O)c2ccc(S(C)=O)cc2)cc1.Cc1ccc(OC=O)cc1.O=S.c1ccccc1.c1ccccc1. The van der Waals surface area contributed by atoms with Crippen LogP contribution in [0.25, 0.3) is 0 Å². The molecule has 0 aliphatic heterocycles. The van der Waals surface area contributed by atoms with Crippen molar-refractivity contribution in [3.63, 3.8) is 0 Å². The lowest BCUT2D eigenvalue weighted by Gasteiger charge is -2.17. The second kappa shape index (κ2) is 31.9. The molecule has 12 nitrogen and oxygen atoms in total. The van der Waals surface area contributed by atoms with Gasteiger partial charge in [-0.1, -0.05) is 126 Å². The lowest BCUT2D eigenvalue weighted by Crippen LogP contribution is -2.28. The van der Waals surface area contributed by atoms with Crippen LogP contribution in [-0.2, 0) is 28.1 Å². The fourth-order valence-electron chi connectivity index (χ4n) is 5.29. The molecule has 0 aromatic heterocycles. The van der Waals surface area contributed by atoms with Gasteiger partial charge in [0.1, 0.15) is 17.2 Å². The average molecular weight is 969 g/mol. The Morgan fingerprint density at radius 2 is 0.783 bits per heavy atom. The second-order valence-corrected chi connectivity index (χ2v) is 16.3. The highest BCUT2D eigenvalue weighted by atomic mass is 32.2. The van der Waals surface area contributed by atoms with Gasteiger partial charge in [-0.3, -0.25) is 18.6 Å². The Kier molecular flexibility index (Phi) is 26.4. The minimum absolute atomic E-state index is 0.159. The summed E-state index contributed by atoms with van der Waals surface area (Å²) < 4.78 is 34.2. The molecule has 7 aromatic carbocycles. The van der Waals surface area contributed by atoms with Gasteiger partial charge in [0.05, 0.1) is 22.3 Å². The third kappa shape index (κ3) is 21.9. The van der Waals surface area contributed by atoms with E-state index in [0.29, 0.717) is 34.2 Å². The molecule has 0 aliphatic carbocycles. The van der Waals surface area contributed by atoms with Crippen LogP contribution in [0.4, 0.5) is 0 Å². The van der Waals surface area contributed by atoms with E-state index < -0.39 is 22.7 Å². The number of carbonyl (C=O) groups is 5. The molecule has 0 saturated heterocycles. The van der Waals surface area contributed by atoms with Gasteiger partial charge in [-0.05, 0) is 99.6 Å². The van der Waals surface area contributed by atoms with Crippen molar-refractivity contribution in [2.75, 3.05) is 34.4 Å². The molecule has 0 N–H and O–H groups in total. The van der Waals surface area contributed by atoms with Crippen LogP contribution in [0.2, 0.25) is 0 Å². The van der Waals surface area contributed by atoms with E-state index in [0.717, 1.165) is 16.7 Å². The number of esters is 2. The van der Waals surface area contributed by atoms with Gasteiger partial charge in [0.25, 0.3) is 18.3 Å². The first-order valence-electron chi connectivity index (χ1n) is 21.0. The minimum atomic E-state index is -1.04. The van der Waals surface area contributed by atoms with Crippen LogP contribution in [0, 0.1) is 20.8 Å². The molecule has 14 heteroatoms. The first-order chi connectivity index (χ1) is 33.1. The molecule has 358 valence electrons. The Balaban J connectivity index is 0.000000327. The highest BCUT2D eigenvalue weighted by molar-refractivity contribution is 7.84. The van der Waals surface area contributed by atoms with Crippen molar-refractivity contribution in [1.82, 2.24) is 9.80 Å². The molecule has 0 saturated carbocycles. The van der Waals surface area contributed by atoms with Crippen LogP contribution >= 0.6 is 0 Å². The van der Waals surface area contributed by atoms with Gasteiger partial charge in [-0.15, -0.1) is 0 Å². The van der Waals surface area contributed by atoms with Gasteiger partial charge in [-0.2, -0.15) is 4.21 Å². The van der Waals surface area contributed by atoms with Gasteiger partial charge in [0.2, 0.25) is 0 Å². The number of rotatable bonds is 9. The third-order valence-corrected chi connectivity index (χ3v) is 9.89. The molecule has 0 aliphatic rings. The highest BCUT2D eigenvalue weighted by Gasteiger charge is 2.22. The number of hydrogen-bond acceptors (Lipinski definition) is 11. The molecular formula is C55H56N2O10S2. The molecule has 7 rings (SSSR count). The summed E-state index contributed by atoms with van der Waals surface area (Å²) in [4.78, 5) is 62.4. The summed E-state index contributed by atoms with van der Waals surface area (Å²) in [6.45, 7) is 6.30. The number of ether oxygens (including phenoxy) is 3. The summed E-state index contributed by atoms with van der Waals surface area (Å²) in [7, 11) is 5.34. The molecule has 0 fully saturated rings. The Morgan fingerprint density at radius 3 is 1.12 bits per heavy atom. The lowest BCUT2D eigenvalue weighted by molar-refractivity contribution is -0.120. The van der Waals surface area contributed by atoms with E-state index in [1.54, 1.807) is 95.1 Å². The van der Waals surface area contributed by atoms with Crippen LogP contribution in [0.3, 0.4) is 0 Å². The fraction of sp³-hybridized carbons (Fsp3) is 0.145. The number of carbonyl (C=O) groups excluding carboxylic acids is 5. The topological polar surface area (TPSA) is 154 Å². The Bertz CT molecular complexity index is 2560. The van der Waals surface area contributed by atoms with Crippen LogP contribution in [0.5, 0.6) is 17.2 Å². The van der Waals surface area contributed by atoms with E-state index in [1.807, 2.05) is 130 Å². The number of benzene rings is 7. The standard InChI is InChI=1S/C20H22N2O4.C15H14O3S.C8H8O2.2C6H6.OS/c1-13-6-9-15(10-7-13)26-20(25)14-8-11-16(18(23)21(2)3)17(12-14)19(24)22(4)5;1-11-3-7-13(8-4-11)18-15(16)12-5-9-14(10-6-12)19(2)17;1-7-2-4-8(5-3-7)10-6-9;2*1-2-4-6-5-3-1;1-2/h6-12H,1-5H3;3-10H,1-2H3;2-6H,1H3;2*1-6H;. The molecule has 69 heavy (non-hydrogen) atoms. The average Bonchev–Trinajstić information content (AvgIpc) is 3.38. The molecule has 0 spiro atoms. The van der Waals surface area contributed by atoms with Crippen molar-refractivity contribution in [3.8, 4) is 17.2 Å². The number of amides is 2. The van der Waals surface area contributed by atoms with E-state index in [2.05, 4.69) is 17.3 Å². The maximum absolute atomic E-state index is 12.5. The molecule has 0 bridgehead atoms. The molecule has 0 heterocycles. The zero-order valence-corrected chi connectivity index (χ0v) is 41.4. The number of aryl methyl sites for hydroxylation is 3. The molecule has 1 unspecified atom stereocenters. The van der Waals surface area contributed by atoms with E-state index in [4.69, 9.17) is 13.7 Å². The van der Waals surface area contributed by atoms with Crippen LogP contribution in [0.1, 0.15) is 58.1 Å². The summed E-state index contributed by atoms with van der Waals surface area (Å²) in [6.07, 6.45) is 1.60. The predicted octanol–water partition coefficient (Wildman–Crippen LogP) is 10.1. The maximum atomic E-state index is 12.5. The Morgan fingerprint density at radius 1 is 0.464 bits per heavy atom. The molecule has 1 atom stereocenters. The molecule has 7 aromatic rings. The van der Waals surface area contributed by atoms with Crippen molar-refractivity contribution < 1.29 is 46.6 Å². The zero-order valence-electron chi connectivity index (χ0n) is 39.8. The smallest absolute Gasteiger partial charge is 0.343 e. The Hall–Kier alpha value is -7.94. The van der Waals surface area contributed by atoms with Gasteiger partial charge >= 0.3 is 11.9 Å². The van der Waals surface area contributed by atoms with E-state index in [9.17, 15) is 28.2 Å². The van der Waals surface area contributed by atoms with Crippen LogP contribution in [-0.4, -0.2) is 82.9 Å². The largest absolute Gasteiger partial charge is 0.429 e. The van der Waals surface area contributed by atoms with Crippen molar-refractivity contribution in [2.24, 2.45) is 0 Å². The van der Waals surface area contributed by atoms with Crippen LogP contribution in [0.15, 0.2) is 193 Å². The molecule has 0 radical (unpaired) electrons. The maximum Gasteiger partial charge on any atom is 0.343 e. The summed E-state index contributed by atoms with van der Waals surface area (Å²) in [6, 6.07) is 56.6. The van der Waals surface area contributed by atoms with Gasteiger partial charge < -0.3 is 24.0 Å². The number of hydrogen-bond donors (Lipinski definition) is 0. The van der Waals surface area contributed by atoms with E-state index >= 15 is 0 Å². The van der Waals surface area contributed by atoms with Crippen molar-refractivity contribution >= 4 is 53.6 Å². The monoisotopic (exact) mass is 968 g/mol. The third-order valence-electron chi connectivity index (χ3n) is 8.95.